The lowest BCUT2D eigenvalue weighted by Crippen LogP contribution is -2.28. The van der Waals surface area contributed by atoms with Gasteiger partial charge in [0.05, 0.1) is 30.8 Å². The van der Waals surface area contributed by atoms with Crippen LogP contribution in [-0.4, -0.2) is 34.4 Å². The van der Waals surface area contributed by atoms with Crippen molar-refractivity contribution in [3.05, 3.63) is 35.9 Å². The molecule has 1 aromatic rings. The largest absolute Gasteiger partial charge is 0.395 e. The molecule has 0 radical (unpaired) electrons. The van der Waals surface area contributed by atoms with Crippen LogP contribution in [0, 0.1) is 0 Å². The molecule has 0 bridgehead atoms. The van der Waals surface area contributed by atoms with Gasteiger partial charge >= 0.3 is 0 Å². The number of hydrogen-bond acceptors (Lipinski definition) is 3. The third-order valence-corrected chi connectivity index (χ3v) is 2.89. The van der Waals surface area contributed by atoms with Crippen molar-refractivity contribution >= 4 is 15.9 Å². The fraction of sp³-hybridized carbons (Fsp3) is 0.455. The Balaban J connectivity index is 2.22. The van der Waals surface area contributed by atoms with Gasteiger partial charge in [0.15, 0.2) is 0 Å². The van der Waals surface area contributed by atoms with Crippen LogP contribution in [0.5, 0.6) is 0 Å². The number of benzene rings is 1. The van der Waals surface area contributed by atoms with Gasteiger partial charge in [-0.3, -0.25) is 0 Å². The zero-order valence-electron chi connectivity index (χ0n) is 8.34. The number of hydrogen-bond donors (Lipinski definition) is 2. The summed E-state index contributed by atoms with van der Waals surface area (Å²) in [4.78, 5) is -0.326. The van der Waals surface area contributed by atoms with Gasteiger partial charge in [0.25, 0.3) is 0 Å². The predicted octanol–water partition coefficient (Wildman–Crippen LogP) is 1.32. The Labute approximate surface area is 97.8 Å². The van der Waals surface area contributed by atoms with Crippen molar-refractivity contribution in [1.29, 1.82) is 0 Å². The molecule has 0 unspecified atom stereocenters. The average Bonchev–Trinajstić information content (AvgIpc) is 2.29. The van der Waals surface area contributed by atoms with Crippen LogP contribution in [0.4, 0.5) is 0 Å². The van der Waals surface area contributed by atoms with E-state index in [0.29, 0.717) is 6.61 Å². The first kappa shape index (κ1) is 12.6. The molecule has 0 aliphatic rings. The molecule has 0 heterocycles. The second kappa shape index (κ2) is 6.95. The van der Waals surface area contributed by atoms with Crippen molar-refractivity contribution in [2.45, 2.75) is 17.5 Å². The number of ether oxygens (including phenoxy) is 1. The Morgan fingerprint density at radius 1 is 1.27 bits per heavy atom. The monoisotopic (exact) mass is 274 g/mol. The number of aliphatic hydroxyl groups excluding tert-OH is 2. The summed E-state index contributed by atoms with van der Waals surface area (Å²) in [5, 5.41) is 18.2. The molecular weight excluding hydrogens is 260 g/mol. The fourth-order valence-electron chi connectivity index (χ4n) is 1.10. The summed E-state index contributed by atoms with van der Waals surface area (Å²) in [5.74, 6) is 0. The van der Waals surface area contributed by atoms with Crippen molar-refractivity contribution < 1.29 is 14.9 Å². The van der Waals surface area contributed by atoms with E-state index >= 15 is 0 Å². The van der Waals surface area contributed by atoms with E-state index in [-0.39, 0.29) is 18.0 Å². The summed E-state index contributed by atoms with van der Waals surface area (Å²) >= 11 is 3.15. The highest BCUT2D eigenvalue weighted by Gasteiger charge is 2.14. The van der Waals surface area contributed by atoms with Gasteiger partial charge in [0, 0.05) is 0 Å². The summed E-state index contributed by atoms with van der Waals surface area (Å²) < 4.78 is 5.31. The predicted molar refractivity (Wildman–Crippen MR) is 61.9 cm³/mol. The Bertz CT molecular complexity index is 266. The van der Waals surface area contributed by atoms with Crippen molar-refractivity contribution in [3.63, 3.8) is 0 Å². The second-order valence-corrected chi connectivity index (χ2v) is 4.44. The van der Waals surface area contributed by atoms with E-state index in [9.17, 15) is 5.11 Å². The van der Waals surface area contributed by atoms with Crippen LogP contribution in [-0.2, 0) is 11.3 Å². The maximum Gasteiger partial charge on any atom is 0.0920 e. The van der Waals surface area contributed by atoms with Gasteiger partial charge in [-0.1, -0.05) is 46.3 Å². The maximum atomic E-state index is 9.46. The lowest BCUT2D eigenvalue weighted by Gasteiger charge is -2.14. The molecule has 2 N–H and O–H groups in total. The minimum Gasteiger partial charge on any atom is -0.395 e. The SMILES string of the molecule is OC[C@@H](Br)[C@@H](O)COCc1ccccc1. The van der Waals surface area contributed by atoms with Crippen LogP contribution in [0.1, 0.15) is 5.56 Å². The first-order valence-corrected chi connectivity index (χ1v) is 5.70. The topological polar surface area (TPSA) is 49.7 Å². The quantitative estimate of drug-likeness (QED) is 0.770. The molecule has 1 rings (SSSR count). The lowest BCUT2D eigenvalue weighted by atomic mass is 10.2. The van der Waals surface area contributed by atoms with Crippen LogP contribution in [0.15, 0.2) is 30.3 Å². The molecule has 0 fully saturated rings. The van der Waals surface area contributed by atoms with Crippen LogP contribution in [0.3, 0.4) is 0 Å². The minimum atomic E-state index is -0.682. The molecule has 0 saturated heterocycles. The molecular formula is C11H15BrO3. The van der Waals surface area contributed by atoms with E-state index in [2.05, 4.69) is 15.9 Å². The Kier molecular flexibility index (Phi) is 5.86. The Morgan fingerprint density at radius 3 is 2.53 bits per heavy atom. The molecule has 15 heavy (non-hydrogen) atoms. The smallest absolute Gasteiger partial charge is 0.0920 e. The second-order valence-electron chi connectivity index (χ2n) is 3.27. The Hall–Kier alpha value is -0.420. The molecule has 0 saturated carbocycles. The molecule has 3 nitrogen and oxygen atoms in total. The summed E-state index contributed by atoms with van der Waals surface area (Å²) in [6.07, 6.45) is -0.682. The first-order chi connectivity index (χ1) is 7.24. The number of halogens is 1. The Morgan fingerprint density at radius 2 is 1.93 bits per heavy atom. The van der Waals surface area contributed by atoms with Gasteiger partial charge in [-0.05, 0) is 5.56 Å². The standard InChI is InChI=1S/C11H15BrO3/c12-10(6-13)11(14)8-15-7-9-4-2-1-3-5-9/h1-5,10-11,13-14H,6-8H2/t10-,11+/m1/s1. The molecule has 4 heteroatoms. The van der Waals surface area contributed by atoms with Crippen molar-refractivity contribution in [3.8, 4) is 0 Å². The normalized spacial score (nSPS) is 14.9. The molecule has 0 aliphatic heterocycles. The van der Waals surface area contributed by atoms with Crippen molar-refractivity contribution in [2.24, 2.45) is 0 Å². The van der Waals surface area contributed by atoms with E-state index < -0.39 is 6.10 Å². The molecule has 2 atom stereocenters. The highest BCUT2D eigenvalue weighted by Crippen LogP contribution is 2.07. The molecule has 0 amide bonds. The summed E-state index contributed by atoms with van der Waals surface area (Å²) in [6, 6.07) is 9.75. The molecule has 1 aromatic carbocycles. The molecule has 0 spiro atoms. The molecule has 0 aliphatic carbocycles. The summed E-state index contributed by atoms with van der Waals surface area (Å²) in [5.41, 5.74) is 1.07. The van der Waals surface area contributed by atoms with Gasteiger partial charge in [0.2, 0.25) is 0 Å². The van der Waals surface area contributed by atoms with Gasteiger partial charge in [-0.2, -0.15) is 0 Å². The zero-order valence-corrected chi connectivity index (χ0v) is 9.93. The van der Waals surface area contributed by atoms with Crippen LogP contribution in [0.2, 0.25) is 0 Å². The third kappa shape index (κ3) is 4.75. The first-order valence-electron chi connectivity index (χ1n) is 4.78. The average molecular weight is 275 g/mol. The van der Waals surface area contributed by atoms with E-state index in [1.54, 1.807) is 0 Å². The van der Waals surface area contributed by atoms with Gasteiger partial charge in [-0.25, -0.2) is 0 Å². The van der Waals surface area contributed by atoms with Crippen LogP contribution in [0.25, 0.3) is 0 Å². The van der Waals surface area contributed by atoms with Crippen molar-refractivity contribution in [2.75, 3.05) is 13.2 Å². The number of rotatable bonds is 6. The third-order valence-electron chi connectivity index (χ3n) is 1.99. The van der Waals surface area contributed by atoms with Crippen LogP contribution < -0.4 is 0 Å². The number of aliphatic hydroxyl groups is 2. The van der Waals surface area contributed by atoms with Crippen molar-refractivity contribution in [1.82, 2.24) is 0 Å². The summed E-state index contributed by atoms with van der Waals surface area (Å²) in [6.45, 7) is 0.588. The highest BCUT2D eigenvalue weighted by atomic mass is 79.9. The highest BCUT2D eigenvalue weighted by molar-refractivity contribution is 9.09. The number of alkyl halides is 1. The van der Waals surface area contributed by atoms with E-state index in [0.717, 1.165) is 5.56 Å². The molecule has 0 aromatic heterocycles. The van der Waals surface area contributed by atoms with E-state index in [4.69, 9.17) is 9.84 Å². The maximum absolute atomic E-state index is 9.46. The fourth-order valence-corrected chi connectivity index (χ4v) is 1.25. The van der Waals surface area contributed by atoms with Gasteiger partial charge in [-0.15, -0.1) is 0 Å². The van der Waals surface area contributed by atoms with Gasteiger partial charge < -0.3 is 14.9 Å². The summed E-state index contributed by atoms with van der Waals surface area (Å²) in [7, 11) is 0. The van der Waals surface area contributed by atoms with E-state index in [1.165, 1.54) is 0 Å². The lowest BCUT2D eigenvalue weighted by molar-refractivity contribution is 0.0215. The van der Waals surface area contributed by atoms with E-state index in [1.807, 2.05) is 30.3 Å². The minimum absolute atomic E-state index is 0.101. The zero-order chi connectivity index (χ0) is 11.1. The molecule has 84 valence electrons. The van der Waals surface area contributed by atoms with Crippen LogP contribution >= 0.6 is 15.9 Å². The van der Waals surface area contributed by atoms with Gasteiger partial charge in [0.1, 0.15) is 0 Å².